The number of phenols is 2. The van der Waals surface area contributed by atoms with E-state index in [2.05, 4.69) is 15.2 Å². The summed E-state index contributed by atoms with van der Waals surface area (Å²) in [6, 6.07) is 4.30. The average Bonchev–Trinajstić information content (AvgIpc) is 3.16. The number of phenolic OH excluding ortho intramolecular Hbond substituents is 2. The maximum atomic E-state index is 12.4. The number of aryl methyl sites for hydroxylation is 1. The number of carbonyl (C=O) groups is 1. The van der Waals surface area contributed by atoms with Gasteiger partial charge in [0.2, 0.25) is 5.91 Å². The molecule has 0 aliphatic carbocycles. The minimum atomic E-state index is -0.213. The fourth-order valence-electron chi connectivity index (χ4n) is 2.72. The van der Waals surface area contributed by atoms with Gasteiger partial charge in [-0.05, 0) is 43.5 Å². The van der Waals surface area contributed by atoms with Crippen molar-refractivity contribution in [1.82, 2.24) is 20.1 Å². The zero-order valence-corrected chi connectivity index (χ0v) is 12.7. The first kappa shape index (κ1) is 15.1. The molecule has 23 heavy (non-hydrogen) atoms. The van der Waals surface area contributed by atoms with Gasteiger partial charge in [0.15, 0.2) is 17.3 Å². The third kappa shape index (κ3) is 3.18. The quantitative estimate of drug-likeness (QED) is 0.593. The van der Waals surface area contributed by atoms with Gasteiger partial charge in [0.1, 0.15) is 5.82 Å². The highest BCUT2D eigenvalue weighted by atomic mass is 16.3. The second kappa shape index (κ2) is 6.12. The van der Waals surface area contributed by atoms with Crippen molar-refractivity contribution >= 4 is 12.0 Å². The van der Waals surface area contributed by atoms with Crippen molar-refractivity contribution in [2.75, 3.05) is 6.54 Å². The van der Waals surface area contributed by atoms with Crippen LogP contribution in [-0.2, 0) is 4.79 Å². The van der Waals surface area contributed by atoms with Crippen LogP contribution in [0.5, 0.6) is 11.5 Å². The van der Waals surface area contributed by atoms with E-state index in [1.165, 1.54) is 18.2 Å². The van der Waals surface area contributed by atoms with Crippen molar-refractivity contribution in [3.05, 3.63) is 41.5 Å². The van der Waals surface area contributed by atoms with E-state index in [1.807, 2.05) is 6.92 Å². The number of aromatic nitrogens is 3. The highest BCUT2D eigenvalue weighted by molar-refractivity contribution is 5.92. The third-order valence-corrected chi connectivity index (χ3v) is 3.87. The predicted molar refractivity (Wildman–Crippen MR) is 83.6 cm³/mol. The molecule has 1 aromatic heterocycles. The topological polar surface area (TPSA) is 102 Å². The fourth-order valence-corrected chi connectivity index (χ4v) is 2.72. The first-order chi connectivity index (χ1) is 11.0. The number of aromatic amines is 1. The summed E-state index contributed by atoms with van der Waals surface area (Å²) in [4.78, 5) is 18.5. The van der Waals surface area contributed by atoms with E-state index in [0.717, 1.165) is 18.7 Å². The van der Waals surface area contributed by atoms with Crippen molar-refractivity contribution in [2.45, 2.75) is 25.8 Å². The maximum absolute atomic E-state index is 12.4. The number of hydrogen-bond donors (Lipinski definition) is 3. The molecule has 0 radical (unpaired) electrons. The molecule has 120 valence electrons. The molecule has 1 amide bonds. The summed E-state index contributed by atoms with van der Waals surface area (Å²) in [5.74, 6) is 0.851. The van der Waals surface area contributed by atoms with Gasteiger partial charge in [0, 0.05) is 12.6 Å². The second-order valence-electron chi connectivity index (χ2n) is 5.55. The number of H-pyrrole nitrogens is 1. The monoisotopic (exact) mass is 314 g/mol. The molecule has 1 aromatic carbocycles. The second-order valence-corrected chi connectivity index (χ2v) is 5.55. The lowest BCUT2D eigenvalue weighted by Gasteiger charge is -2.20. The molecule has 2 heterocycles. The Kier molecular flexibility index (Phi) is 4.01. The van der Waals surface area contributed by atoms with Crippen LogP contribution in [0.25, 0.3) is 6.08 Å². The highest BCUT2D eigenvalue weighted by Crippen LogP contribution is 2.30. The van der Waals surface area contributed by atoms with Crippen LogP contribution in [0.1, 0.15) is 36.1 Å². The molecule has 7 nitrogen and oxygen atoms in total. The highest BCUT2D eigenvalue weighted by Gasteiger charge is 2.31. The first-order valence-corrected chi connectivity index (χ1v) is 7.44. The number of hydrogen-bond acceptors (Lipinski definition) is 5. The molecular formula is C16H18N4O3. The summed E-state index contributed by atoms with van der Waals surface area (Å²) in [5, 5.41) is 25.7. The lowest BCUT2D eigenvalue weighted by Crippen LogP contribution is -2.29. The summed E-state index contributed by atoms with van der Waals surface area (Å²) >= 11 is 0. The van der Waals surface area contributed by atoms with Crippen LogP contribution >= 0.6 is 0 Å². The summed E-state index contributed by atoms with van der Waals surface area (Å²) < 4.78 is 0. The Bertz CT molecular complexity index is 754. The molecule has 1 aliphatic rings. The lowest BCUT2D eigenvalue weighted by atomic mass is 10.1. The van der Waals surface area contributed by atoms with Crippen LogP contribution in [-0.4, -0.2) is 42.7 Å². The molecule has 2 aromatic rings. The minimum absolute atomic E-state index is 0.106. The van der Waals surface area contributed by atoms with Gasteiger partial charge in [-0.25, -0.2) is 4.98 Å². The van der Waals surface area contributed by atoms with Crippen LogP contribution in [0.2, 0.25) is 0 Å². The molecule has 3 N–H and O–H groups in total. The normalized spacial score (nSPS) is 18.0. The van der Waals surface area contributed by atoms with Gasteiger partial charge in [-0.2, -0.15) is 5.10 Å². The van der Waals surface area contributed by atoms with E-state index >= 15 is 0 Å². The van der Waals surface area contributed by atoms with Crippen molar-refractivity contribution < 1.29 is 15.0 Å². The molecule has 7 heteroatoms. The number of likely N-dealkylation sites (tertiary alicyclic amines) is 1. The Morgan fingerprint density at radius 3 is 2.91 bits per heavy atom. The van der Waals surface area contributed by atoms with E-state index < -0.39 is 0 Å². The van der Waals surface area contributed by atoms with Gasteiger partial charge in [0.25, 0.3) is 0 Å². The zero-order chi connectivity index (χ0) is 16.4. The lowest BCUT2D eigenvalue weighted by molar-refractivity contribution is -0.127. The van der Waals surface area contributed by atoms with Crippen molar-refractivity contribution in [1.29, 1.82) is 0 Å². The standard InChI is InChI=1S/C16H18N4O3/c1-10-17-16(19-18-10)12-3-2-8-20(12)15(23)7-5-11-4-6-13(21)14(22)9-11/h4-7,9,12,21-22H,2-3,8H2,1H3,(H,17,18,19)/b7-5+/t12-/m0/s1. The summed E-state index contributed by atoms with van der Waals surface area (Å²) in [6.45, 7) is 2.50. The van der Waals surface area contributed by atoms with Crippen molar-refractivity contribution in [3.8, 4) is 11.5 Å². The number of nitrogens with one attached hydrogen (secondary N) is 1. The number of carbonyl (C=O) groups excluding carboxylic acids is 1. The zero-order valence-electron chi connectivity index (χ0n) is 12.7. The van der Waals surface area contributed by atoms with Gasteiger partial charge in [-0.3, -0.25) is 9.89 Å². The van der Waals surface area contributed by atoms with Crippen LogP contribution in [0.15, 0.2) is 24.3 Å². The molecule has 3 rings (SSSR count). The summed E-state index contributed by atoms with van der Waals surface area (Å²) in [6.07, 6.45) is 4.83. The van der Waals surface area contributed by atoms with Gasteiger partial charge < -0.3 is 15.1 Å². The molecule has 0 saturated carbocycles. The average molecular weight is 314 g/mol. The number of nitrogens with zero attached hydrogens (tertiary/aromatic N) is 3. The molecular weight excluding hydrogens is 296 g/mol. The summed E-state index contributed by atoms with van der Waals surface area (Å²) in [5.41, 5.74) is 0.637. The molecule has 0 unspecified atom stereocenters. The molecule has 1 fully saturated rings. The van der Waals surface area contributed by atoms with Crippen LogP contribution in [0, 0.1) is 6.92 Å². The number of benzene rings is 1. The van der Waals surface area contributed by atoms with Crippen molar-refractivity contribution in [3.63, 3.8) is 0 Å². The molecule has 1 saturated heterocycles. The molecule has 1 atom stereocenters. The minimum Gasteiger partial charge on any atom is -0.504 e. The Morgan fingerprint density at radius 2 is 2.22 bits per heavy atom. The molecule has 1 aliphatic heterocycles. The Balaban J connectivity index is 1.74. The SMILES string of the molecule is Cc1nc([C@@H]2CCCN2C(=O)/C=C/c2ccc(O)c(O)c2)n[nH]1. The largest absolute Gasteiger partial charge is 0.504 e. The fraction of sp³-hybridized carbons (Fsp3) is 0.312. The van der Waals surface area contributed by atoms with Gasteiger partial charge >= 0.3 is 0 Å². The number of aromatic hydroxyl groups is 2. The van der Waals surface area contributed by atoms with Crippen molar-refractivity contribution in [2.24, 2.45) is 0 Å². The molecule has 0 bridgehead atoms. The summed E-state index contributed by atoms with van der Waals surface area (Å²) in [7, 11) is 0. The van der Waals surface area contributed by atoms with Gasteiger partial charge in [-0.15, -0.1) is 0 Å². The first-order valence-electron chi connectivity index (χ1n) is 7.44. The Hall–Kier alpha value is -2.83. The van der Waals surface area contributed by atoms with Gasteiger partial charge in [0.05, 0.1) is 6.04 Å². The van der Waals surface area contributed by atoms with Crippen LogP contribution in [0.3, 0.4) is 0 Å². The maximum Gasteiger partial charge on any atom is 0.247 e. The van der Waals surface area contributed by atoms with E-state index in [1.54, 1.807) is 17.0 Å². The predicted octanol–water partition coefficient (Wildman–Crippen LogP) is 1.90. The smallest absolute Gasteiger partial charge is 0.247 e. The number of amides is 1. The van der Waals surface area contributed by atoms with E-state index in [-0.39, 0.29) is 23.4 Å². The third-order valence-electron chi connectivity index (χ3n) is 3.87. The molecule has 0 spiro atoms. The van der Waals surface area contributed by atoms with E-state index in [4.69, 9.17) is 0 Å². The van der Waals surface area contributed by atoms with Crippen LogP contribution in [0.4, 0.5) is 0 Å². The Labute approximate surface area is 133 Å². The van der Waals surface area contributed by atoms with Crippen LogP contribution < -0.4 is 0 Å². The number of rotatable bonds is 3. The van der Waals surface area contributed by atoms with E-state index in [0.29, 0.717) is 17.9 Å². The van der Waals surface area contributed by atoms with E-state index in [9.17, 15) is 15.0 Å². The Morgan fingerprint density at radius 1 is 1.39 bits per heavy atom. The van der Waals surface area contributed by atoms with Gasteiger partial charge in [-0.1, -0.05) is 6.07 Å².